The van der Waals surface area contributed by atoms with E-state index < -0.39 is 0 Å². The summed E-state index contributed by atoms with van der Waals surface area (Å²) >= 11 is 0. The lowest BCUT2D eigenvalue weighted by molar-refractivity contribution is 0.152. The molecule has 0 aliphatic carbocycles. The molecule has 0 bridgehead atoms. The summed E-state index contributed by atoms with van der Waals surface area (Å²) in [7, 11) is 0. The van der Waals surface area contributed by atoms with E-state index in [1.165, 1.54) is 12.0 Å². The number of hydrogen-bond donors (Lipinski definition) is 0. The van der Waals surface area contributed by atoms with Crippen LogP contribution in [-0.4, -0.2) is 42.4 Å². The number of aromatic nitrogens is 5. The van der Waals surface area contributed by atoms with Crippen LogP contribution in [0.1, 0.15) is 37.3 Å². The number of aryl methyl sites for hydroxylation is 1. The minimum atomic E-state index is 0.0859. The summed E-state index contributed by atoms with van der Waals surface area (Å²) in [4.78, 5) is 6.45. The van der Waals surface area contributed by atoms with Gasteiger partial charge in [0.1, 0.15) is 12.7 Å². The molecule has 0 radical (unpaired) electrons. The minimum absolute atomic E-state index is 0.0859. The second kappa shape index (κ2) is 6.76. The first-order valence-electron chi connectivity index (χ1n) is 8.69. The molecule has 0 spiro atoms. The summed E-state index contributed by atoms with van der Waals surface area (Å²) in [5.74, 6) is 1.25. The third kappa shape index (κ3) is 3.32. The molecular formula is C18H22N6O. The normalized spacial score (nSPS) is 19.4. The molecule has 0 saturated carbocycles. The minimum Gasteiger partial charge on any atom is -0.419 e. The lowest BCUT2D eigenvalue weighted by Crippen LogP contribution is -2.35. The van der Waals surface area contributed by atoms with E-state index in [2.05, 4.69) is 51.2 Å². The summed E-state index contributed by atoms with van der Waals surface area (Å²) in [6.07, 6.45) is 5.66. The zero-order valence-corrected chi connectivity index (χ0v) is 14.5. The number of rotatable bonds is 5. The highest BCUT2D eigenvalue weighted by atomic mass is 16.4. The average Bonchev–Trinajstić information content (AvgIpc) is 3.37. The predicted octanol–water partition coefficient (Wildman–Crippen LogP) is 2.86. The van der Waals surface area contributed by atoms with Crippen LogP contribution in [0.3, 0.4) is 0 Å². The van der Waals surface area contributed by atoms with Crippen LogP contribution in [0.25, 0.3) is 11.5 Å². The first-order chi connectivity index (χ1) is 12.2. The van der Waals surface area contributed by atoms with Crippen molar-refractivity contribution in [1.29, 1.82) is 0 Å². The SMILES string of the molecule is Cc1ccc(-c2nnc([C@H](C)N3CCC[C@H]3Cn3cncn3)o2)cc1. The molecule has 0 unspecified atom stereocenters. The van der Waals surface area contributed by atoms with E-state index in [4.69, 9.17) is 4.42 Å². The summed E-state index contributed by atoms with van der Waals surface area (Å²) in [5.41, 5.74) is 2.17. The molecule has 2 atom stereocenters. The van der Waals surface area contributed by atoms with Crippen molar-refractivity contribution >= 4 is 0 Å². The second-order valence-corrected chi connectivity index (χ2v) is 6.64. The molecule has 3 aromatic rings. The fourth-order valence-electron chi connectivity index (χ4n) is 3.46. The van der Waals surface area contributed by atoms with Crippen molar-refractivity contribution in [2.24, 2.45) is 0 Å². The van der Waals surface area contributed by atoms with Crippen molar-refractivity contribution in [3.8, 4) is 11.5 Å². The van der Waals surface area contributed by atoms with Gasteiger partial charge in [-0.2, -0.15) is 5.10 Å². The van der Waals surface area contributed by atoms with Crippen LogP contribution in [0.15, 0.2) is 41.3 Å². The van der Waals surface area contributed by atoms with Gasteiger partial charge in [-0.1, -0.05) is 17.7 Å². The third-order valence-corrected chi connectivity index (χ3v) is 4.88. The van der Waals surface area contributed by atoms with E-state index in [0.717, 1.165) is 25.1 Å². The van der Waals surface area contributed by atoms with E-state index >= 15 is 0 Å². The fraction of sp³-hybridized carbons (Fsp3) is 0.444. The Hall–Kier alpha value is -2.54. The van der Waals surface area contributed by atoms with Gasteiger partial charge in [-0.15, -0.1) is 10.2 Å². The third-order valence-electron chi connectivity index (χ3n) is 4.88. The van der Waals surface area contributed by atoms with Crippen LogP contribution < -0.4 is 0 Å². The van der Waals surface area contributed by atoms with Crippen molar-refractivity contribution < 1.29 is 4.42 Å². The van der Waals surface area contributed by atoms with Crippen LogP contribution in [0.5, 0.6) is 0 Å². The number of benzene rings is 1. The van der Waals surface area contributed by atoms with Crippen LogP contribution in [0.2, 0.25) is 0 Å². The fourth-order valence-corrected chi connectivity index (χ4v) is 3.46. The van der Waals surface area contributed by atoms with Crippen molar-refractivity contribution in [3.63, 3.8) is 0 Å². The molecule has 1 aliphatic heterocycles. The number of hydrogen-bond acceptors (Lipinski definition) is 6. The van der Waals surface area contributed by atoms with Crippen molar-refractivity contribution in [2.45, 2.75) is 45.3 Å². The quantitative estimate of drug-likeness (QED) is 0.712. The molecule has 1 aliphatic rings. The Kier molecular flexibility index (Phi) is 4.31. The van der Waals surface area contributed by atoms with Crippen LogP contribution in [0, 0.1) is 6.92 Å². The molecule has 0 amide bonds. The zero-order valence-electron chi connectivity index (χ0n) is 14.5. The van der Waals surface area contributed by atoms with Gasteiger partial charge in [0, 0.05) is 11.6 Å². The molecule has 25 heavy (non-hydrogen) atoms. The van der Waals surface area contributed by atoms with Crippen LogP contribution in [-0.2, 0) is 6.54 Å². The summed E-state index contributed by atoms with van der Waals surface area (Å²) in [5, 5.41) is 12.8. The molecule has 0 N–H and O–H groups in total. The van der Waals surface area contributed by atoms with Crippen LogP contribution in [0.4, 0.5) is 0 Å². The number of likely N-dealkylation sites (tertiary alicyclic amines) is 1. The molecule has 3 heterocycles. The van der Waals surface area contributed by atoms with Gasteiger partial charge in [0.2, 0.25) is 11.8 Å². The van der Waals surface area contributed by atoms with E-state index in [1.54, 1.807) is 12.7 Å². The average molecular weight is 338 g/mol. The summed E-state index contributed by atoms with van der Waals surface area (Å²) < 4.78 is 7.86. The first-order valence-corrected chi connectivity index (χ1v) is 8.69. The highest BCUT2D eigenvalue weighted by molar-refractivity contribution is 5.52. The Morgan fingerprint density at radius 1 is 1.24 bits per heavy atom. The zero-order chi connectivity index (χ0) is 17.2. The van der Waals surface area contributed by atoms with Crippen molar-refractivity contribution in [1.82, 2.24) is 29.9 Å². The molecular weight excluding hydrogens is 316 g/mol. The Balaban J connectivity index is 1.50. The summed E-state index contributed by atoms with van der Waals surface area (Å²) in [6.45, 7) is 6.06. The molecule has 130 valence electrons. The largest absolute Gasteiger partial charge is 0.419 e. The van der Waals surface area contributed by atoms with Gasteiger partial charge in [-0.3, -0.25) is 9.58 Å². The summed E-state index contributed by atoms with van der Waals surface area (Å²) in [6, 6.07) is 8.63. The maximum absolute atomic E-state index is 5.97. The van der Waals surface area contributed by atoms with E-state index in [9.17, 15) is 0 Å². The van der Waals surface area contributed by atoms with Gasteiger partial charge < -0.3 is 4.42 Å². The van der Waals surface area contributed by atoms with Gasteiger partial charge in [0.25, 0.3) is 0 Å². The predicted molar refractivity (Wildman–Crippen MR) is 92.6 cm³/mol. The smallest absolute Gasteiger partial charge is 0.247 e. The topological polar surface area (TPSA) is 72.9 Å². The van der Waals surface area contributed by atoms with Crippen LogP contribution >= 0.6 is 0 Å². The molecule has 4 rings (SSSR count). The van der Waals surface area contributed by atoms with Gasteiger partial charge in [-0.05, 0) is 45.4 Å². The van der Waals surface area contributed by atoms with E-state index in [1.807, 2.05) is 16.8 Å². The first kappa shape index (κ1) is 16.0. The Bertz CT molecular complexity index is 810. The maximum atomic E-state index is 5.97. The van der Waals surface area contributed by atoms with Gasteiger partial charge >= 0.3 is 0 Å². The molecule has 2 aromatic heterocycles. The maximum Gasteiger partial charge on any atom is 0.247 e. The monoisotopic (exact) mass is 338 g/mol. The van der Waals surface area contributed by atoms with Gasteiger partial charge in [-0.25, -0.2) is 4.98 Å². The van der Waals surface area contributed by atoms with Gasteiger partial charge in [0.05, 0.1) is 12.6 Å². The Labute approximate surface area is 146 Å². The van der Waals surface area contributed by atoms with Crippen molar-refractivity contribution in [3.05, 3.63) is 48.4 Å². The van der Waals surface area contributed by atoms with Crippen molar-refractivity contribution in [2.75, 3.05) is 6.54 Å². The van der Waals surface area contributed by atoms with Gasteiger partial charge in [0.15, 0.2) is 0 Å². The number of nitrogens with zero attached hydrogens (tertiary/aromatic N) is 6. The second-order valence-electron chi connectivity index (χ2n) is 6.64. The highest BCUT2D eigenvalue weighted by Crippen LogP contribution is 2.30. The lowest BCUT2D eigenvalue weighted by Gasteiger charge is -2.28. The lowest BCUT2D eigenvalue weighted by atomic mass is 10.1. The molecule has 7 nitrogen and oxygen atoms in total. The molecule has 1 aromatic carbocycles. The molecule has 7 heteroatoms. The molecule has 1 saturated heterocycles. The Morgan fingerprint density at radius 2 is 2.08 bits per heavy atom. The standard InChI is InChI=1S/C18H22N6O/c1-13-5-7-15(8-6-13)18-22-21-17(25-18)14(2)24-9-3-4-16(24)10-23-12-19-11-20-23/h5-8,11-12,14,16H,3-4,9-10H2,1-2H3/t14-,16-/m0/s1. The Morgan fingerprint density at radius 3 is 2.84 bits per heavy atom. The van der Waals surface area contributed by atoms with E-state index in [0.29, 0.717) is 17.8 Å². The highest BCUT2D eigenvalue weighted by Gasteiger charge is 2.32. The molecule has 1 fully saturated rings. The van der Waals surface area contributed by atoms with E-state index in [-0.39, 0.29) is 6.04 Å².